The summed E-state index contributed by atoms with van der Waals surface area (Å²) in [5, 5.41) is 6.41. The number of anilines is 1. The van der Waals surface area contributed by atoms with Gasteiger partial charge in [0.15, 0.2) is 5.96 Å². The van der Waals surface area contributed by atoms with Crippen molar-refractivity contribution in [3.05, 3.63) is 59.9 Å². The quantitative estimate of drug-likeness (QED) is 0.146. The number of guanidine groups is 1. The molecule has 0 amide bonds. The van der Waals surface area contributed by atoms with Gasteiger partial charge in [-0.2, -0.15) is 0 Å². The van der Waals surface area contributed by atoms with Crippen LogP contribution in [0.1, 0.15) is 12.0 Å². The van der Waals surface area contributed by atoms with Crippen molar-refractivity contribution in [2.24, 2.45) is 4.99 Å². The smallest absolute Gasteiger partial charge is 0.229 e. The molecule has 160 valence electrons. The number of hydrogen-bond acceptors (Lipinski definition) is 4. The van der Waals surface area contributed by atoms with E-state index in [2.05, 4.69) is 20.3 Å². The van der Waals surface area contributed by atoms with Crippen molar-refractivity contribution in [3.63, 3.8) is 0 Å². The lowest BCUT2D eigenvalue weighted by Crippen LogP contribution is -2.37. The van der Waals surface area contributed by atoms with Crippen LogP contribution in [0.5, 0.6) is 0 Å². The Labute approximate surface area is 193 Å². The monoisotopic (exact) mass is 552 g/mol. The molecule has 0 spiro atoms. The number of thioether (sulfide) groups is 1. The highest BCUT2D eigenvalue weighted by Gasteiger charge is 2.07. The van der Waals surface area contributed by atoms with E-state index in [1.165, 1.54) is 12.1 Å². The molecule has 0 aliphatic carbocycles. The van der Waals surface area contributed by atoms with Gasteiger partial charge in [0, 0.05) is 25.0 Å². The zero-order valence-electron chi connectivity index (χ0n) is 16.3. The molecule has 3 N–H and O–H groups in total. The summed E-state index contributed by atoms with van der Waals surface area (Å²) in [5.74, 6) is 1.31. The summed E-state index contributed by atoms with van der Waals surface area (Å²) in [6.07, 6.45) is 2.04. The van der Waals surface area contributed by atoms with Gasteiger partial charge in [0.1, 0.15) is 5.82 Å². The number of halogens is 2. The fourth-order valence-corrected chi connectivity index (χ4v) is 3.82. The Morgan fingerprint density at radius 2 is 1.79 bits per heavy atom. The molecule has 29 heavy (non-hydrogen) atoms. The average Bonchev–Trinajstić information content (AvgIpc) is 2.65. The molecule has 6 nitrogen and oxygen atoms in total. The van der Waals surface area contributed by atoms with Gasteiger partial charge in [-0.15, -0.1) is 35.7 Å². The second-order valence-corrected chi connectivity index (χ2v) is 8.96. The number of aliphatic imine (C=N–C) groups is 1. The van der Waals surface area contributed by atoms with Crippen molar-refractivity contribution in [1.29, 1.82) is 0 Å². The number of para-hydroxylation sites is 1. The SMILES string of the molecule is CN=C(NCCCSc1ccc(F)cc1)NCc1ccccc1NS(C)(=O)=O.I. The van der Waals surface area contributed by atoms with Gasteiger partial charge in [0.2, 0.25) is 10.0 Å². The van der Waals surface area contributed by atoms with Crippen molar-refractivity contribution in [2.75, 3.05) is 30.3 Å². The highest BCUT2D eigenvalue weighted by atomic mass is 127. The Kier molecular flexibility index (Phi) is 11.4. The number of sulfonamides is 1. The zero-order chi connectivity index (χ0) is 20.4. The number of nitrogens with zero attached hydrogens (tertiary/aromatic N) is 1. The van der Waals surface area contributed by atoms with Gasteiger partial charge in [0.05, 0.1) is 11.9 Å². The summed E-state index contributed by atoms with van der Waals surface area (Å²) in [5.41, 5.74) is 1.37. The highest BCUT2D eigenvalue weighted by molar-refractivity contribution is 14.0. The van der Waals surface area contributed by atoms with E-state index in [0.29, 0.717) is 18.2 Å². The first-order valence-electron chi connectivity index (χ1n) is 8.76. The van der Waals surface area contributed by atoms with Gasteiger partial charge in [-0.25, -0.2) is 12.8 Å². The third-order valence-corrected chi connectivity index (χ3v) is 5.37. The van der Waals surface area contributed by atoms with Crippen LogP contribution in [-0.4, -0.2) is 40.0 Å². The number of hydrogen-bond donors (Lipinski definition) is 3. The van der Waals surface area contributed by atoms with Crippen LogP contribution in [0.3, 0.4) is 0 Å². The second-order valence-electron chi connectivity index (χ2n) is 6.04. The van der Waals surface area contributed by atoms with Crippen molar-refractivity contribution < 1.29 is 12.8 Å². The topological polar surface area (TPSA) is 82.6 Å². The van der Waals surface area contributed by atoms with Crippen LogP contribution in [0, 0.1) is 5.82 Å². The van der Waals surface area contributed by atoms with E-state index in [-0.39, 0.29) is 29.8 Å². The van der Waals surface area contributed by atoms with Crippen LogP contribution >= 0.6 is 35.7 Å². The first-order chi connectivity index (χ1) is 13.4. The lowest BCUT2D eigenvalue weighted by molar-refractivity contribution is 0.606. The number of rotatable bonds is 9. The highest BCUT2D eigenvalue weighted by Crippen LogP contribution is 2.18. The van der Waals surface area contributed by atoms with E-state index in [0.717, 1.165) is 35.4 Å². The average molecular weight is 552 g/mol. The molecule has 0 aromatic heterocycles. The predicted molar refractivity (Wildman–Crippen MR) is 130 cm³/mol. The standard InChI is InChI=1S/C19H25FN4O2S2.HI/c1-21-19(22-12-5-13-27-17-10-8-16(20)9-11-17)23-14-15-6-3-4-7-18(15)24-28(2,25)26;/h3-4,6-11,24H,5,12-14H2,1-2H3,(H2,21,22,23);1H. The Morgan fingerprint density at radius 3 is 2.45 bits per heavy atom. The molecular formula is C19H26FIN4O2S2. The normalized spacial score (nSPS) is 11.5. The first kappa shape index (κ1) is 25.5. The third-order valence-electron chi connectivity index (χ3n) is 3.68. The maximum Gasteiger partial charge on any atom is 0.229 e. The van der Waals surface area contributed by atoms with Crippen LogP contribution in [-0.2, 0) is 16.6 Å². The largest absolute Gasteiger partial charge is 0.356 e. The third kappa shape index (κ3) is 10.2. The van der Waals surface area contributed by atoms with Crippen LogP contribution in [0.4, 0.5) is 10.1 Å². The van der Waals surface area contributed by atoms with E-state index < -0.39 is 10.0 Å². The van der Waals surface area contributed by atoms with Gasteiger partial charge >= 0.3 is 0 Å². The van der Waals surface area contributed by atoms with Crippen molar-refractivity contribution in [3.8, 4) is 0 Å². The summed E-state index contributed by atoms with van der Waals surface area (Å²) < 4.78 is 38.4. The van der Waals surface area contributed by atoms with Crippen LogP contribution in [0.15, 0.2) is 58.4 Å². The van der Waals surface area contributed by atoms with Gasteiger partial charge in [-0.3, -0.25) is 9.71 Å². The van der Waals surface area contributed by atoms with Crippen molar-refractivity contribution in [1.82, 2.24) is 10.6 Å². The van der Waals surface area contributed by atoms with E-state index in [9.17, 15) is 12.8 Å². The molecule has 0 aliphatic heterocycles. The first-order valence-corrected chi connectivity index (χ1v) is 11.6. The minimum Gasteiger partial charge on any atom is -0.356 e. The van der Waals surface area contributed by atoms with Crippen molar-refractivity contribution in [2.45, 2.75) is 17.9 Å². The minimum atomic E-state index is -3.34. The second kappa shape index (κ2) is 12.9. The fraction of sp³-hybridized carbons (Fsp3) is 0.316. The maximum absolute atomic E-state index is 12.9. The van der Waals surface area contributed by atoms with Crippen LogP contribution in [0.25, 0.3) is 0 Å². The minimum absolute atomic E-state index is 0. The predicted octanol–water partition coefficient (Wildman–Crippen LogP) is 3.66. The molecule has 2 rings (SSSR count). The molecule has 0 radical (unpaired) electrons. The summed E-state index contributed by atoms with van der Waals surface area (Å²) in [6.45, 7) is 1.17. The van der Waals surface area contributed by atoms with Gasteiger partial charge < -0.3 is 10.6 Å². The molecule has 0 fully saturated rings. The molecule has 0 aliphatic rings. The molecule has 0 heterocycles. The van der Waals surface area contributed by atoms with Crippen LogP contribution in [0.2, 0.25) is 0 Å². The summed E-state index contributed by atoms with van der Waals surface area (Å²) in [4.78, 5) is 5.22. The molecule has 0 atom stereocenters. The number of benzene rings is 2. The van der Waals surface area contributed by atoms with Gasteiger partial charge in [0.25, 0.3) is 0 Å². The van der Waals surface area contributed by atoms with E-state index in [1.807, 2.05) is 12.1 Å². The fourth-order valence-electron chi connectivity index (χ4n) is 2.37. The zero-order valence-corrected chi connectivity index (χ0v) is 20.3. The van der Waals surface area contributed by atoms with E-state index in [4.69, 9.17) is 0 Å². The molecule has 2 aromatic carbocycles. The Morgan fingerprint density at radius 1 is 1.10 bits per heavy atom. The van der Waals surface area contributed by atoms with E-state index in [1.54, 1.807) is 43.1 Å². The molecule has 2 aromatic rings. The van der Waals surface area contributed by atoms with Gasteiger partial charge in [-0.05, 0) is 48.1 Å². The molecule has 0 saturated heterocycles. The molecular weight excluding hydrogens is 526 g/mol. The summed E-state index contributed by atoms with van der Waals surface area (Å²) in [6, 6.07) is 13.7. The lowest BCUT2D eigenvalue weighted by atomic mass is 10.2. The van der Waals surface area contributed by atoms with Crippen LogP contribution < -0.4 is 15.4 Å². The Bertz CT molecular complexity index is 893. The Hall–Kier alpha value is -1.53. The number of nitrogens with one attached hydrogen (secondary N) is 3. The molecule has 0 saturated carbocycles. The molecule has 10 heteroatoms. The maximum atomic E-state index is 12.9. The molecule has 0 bridgehead atoms. The van der Waals surface area contributed by atoms with E-state index >= 15 is 0 Å². The lowest BCUT2D eigenvalue weighted by Gasteiger charge is -2.14. The van der Waals surface area contributed by atoms with Gasteiger partial charge in [-0.1, -0.05) is 18.2 Å². The van der Waals surface area contributed by atoms with Crippen molar-refractivity contribution >= 4 is 57.4 Å². The summed E-state index contributed by atoms with van der Waals surface area (Å²) >= 11 is 1.67. The Balaban J connectivity index is 0.00000420. The molecule has 0 unspecified atom stereocenters. The summed E-state index contributed by atoms with van der Waals surface area (Å²) in [7, 11) is -1.65.